The molecule has 126 valence electrons. The Hall–Kier alpha value is -2.40. The summed E-state index contributed by atoms with van der Waals surface area (Å²) in [5.74, 6) is 0.843. The van der Waals surface area contributed by atoms with Gasteiger partial charge in [0.05, 0.1) is 24.1 Å². The highest BCUT2D eigenvalue weighted by Gasteiger charge is 2.08. The number of imidazole rings is 1. The van der Waals surface area contributed by atoms with Gasteiger partial charge < -0.3 is 14.0 Å². The molecule has 0 fully saturated rings. The van der Waals surface area contributed by atoms with E-state index in [1.54, 1.807) is 0 Å². The molecule has 0 aliphatic carbocycles. The molecule has 0 atom stereocenters. The van der Waals surface area contributed by atoms with Gasteiger partial charge in [-0.1, -0.05) is 0 Å². The highest BCUT2D eigenvalue weighted by atomic mass is 16.5. The number of ether oxygens (including phenoxy) is 2. The topological polar surface area (TPSA) is 49.2 Å². The fraction of sp³-hybridized carbons (Fsp3) is 0.368. The van der Waals surface area contributed by atoms with Gasteiger partial charge in [0.15, 0.2) is 0 Å². The maximum Gasteiger partial charge on any atom is 0.120 e. The first-order valence-electron chi connectivity index (χ1n) is 8.35. The molecular formula is C19H23N3O2. The van der Waals surface area contributed by atoms with Crippen LogP contribution in [0.2, 0.25) is 0 Å². The van der Waals surface area contributed by atoms with E-state index in [9.17, 15) is 0 Å². The summed E-state index contributed by atoms with van der Waals surface area (Å²) in [4.78, 5) is 9.19. The minimum absolute atomic E-state index is 0.554. The number of pyridine rings is 1. The summed E-state index contributed by atoms with van der Waals surface area (Å²) in [7, 11) is 0. The largest absolute Gasteiger partial charge is 0.491 e. The van der Waals surface area contributed by atoms with Crippen molar-refractivity contribution in [2.45, 2.75) is 27.3 Å². The maximum atomic E-state index is 5.74. The summed E-state index contributed by atoms with van der Waals surface area (Å²) in [5, 5.41) is 1.10. The van der Waals surface area contributed by atoms with Crippen molar-refractivity contribution in [1.82, 2.24) is 14.5 Å². The maximum absolute atomic E-state index is 5.74. The van der Waals surface area contributed by atoms with Crippen molar-refractivity contribution in [3.63, 3.8) is 0 Å². The lowest BCUT2D eigenvalue weighted by molar-refractivity contribution is 0.110. The Labute approximate surface area is 142 Å². The standard InChI is InChI=1S/C19H23N3O2/c1-4-22-12-19(20-13-22)18-10-14(3)16-11-15(6-7-17(16)21-18)24-9-8-23-5-2/h6-7,10-13H,4-5,8-9H2,1-3H3. The van der Waals surface area contributed by atoms with E-state index >= 15 is 0 Å². The van der Waals surface area contributed by atoms with E-state index in [0.29, 0.717) is 19.8 Å². The van der Waals surface area contributed by atoms with E-state index in [4.69, 9.17) is 14.5 Å². The van der Waals surface area contributed by atoms with Gasteiger partial charge in [-0.2, -0.15) is 0 Å². The molecule has 3 aromatic rings. The van der Waals surface area contributed by atoms with Crippen LogP contribution in [-0.2, 0) is 11.3 Å². The number of nitrogens with zero attached hydrogens (tertiary/aromatic N) is 3. The zero-order valence-electron chi connectivity index (χ0n) is 14.5. The molecule has 3 rings (SSSR count). The quantitative estimate of drug-likeness (QED) is 0.619. The second-order valence-electron chi connectivity index (χ2n) is 5.64. The second-order valence-corrected chi connectivity index (χ2v) is 5.64. The van der Waals surface area contributed by atoms with Crippen LogP contribution in [0.15, 0.2) is 36.8 Å². The summed E-state index contributed by atoms with van der Waals surface area (Å²) in [6.45, 7) is 8.93. The molecule has 1 aromatic carbocycles. The molecule has 2 aromatic heterocycles. The molecule has 0 unspecified atom stereocenters. The number of aryl methyl sites for hydroxylation is 2. The molecule has 0 N–H and O–H groups in total. The first kappa shape index (κ1) is 16.5. The smallest absolute Gasteiger partial charge is 0.120 e. The van der Waals surface area contributed by atoms with Gasteiger partial charge in [-0.05, 0) is 50.6 Å². The van der Waals surface area contributed by atoms with E-state index in [2.05, 4.69) is 24.9 Å². The van der Waals surface area contributed by atoms with Crippen molar-refractivity contribution in [2.75, 3.05) is 19.8 Å². The fourth-order valence-electron chi connectivity index (χ4n) is 2.62. The van der Waals surface area contributed by atoms with E-state index < -0.39 is 0 Å². The van der Waals surface area contributed by atoms with Gasteiger partial charge in [0.2, 0.25) is 0 Å². The van der Waals surface area contributed by atoms with E-state index in [0.717, 1.165) is 40.1 Å². The third kappa shape index (κ3) is 3.57. The molecule has 0 radical (unpaired) electrons. The first-order valence-corrected chi connectivity index (χ1v) is 8.35. The second kappa shape index (κ2) is 7.45. The number of hydrogen-bond donors (Lipinski definition) is 0. The molecule has 0 spiro atoms. The summed E-state index contributed by atoms with van der Waals surface area (Å²) < 4.78 is 13.1. The lowest BCUT2D eigenvalue weighted by Crippen LogP contribution is -2.06. The Kier molecular flexibility index (Phi) is 5.11. The van der Waals surface area contributed by atoms with Crippen molar-refractivity contribution >= 4 is 10.9 Å². The normalized spacial score (nSPS) is 11.1. The van der Waals surface area contributed by atoms with Gasteiger partial charge in [-0.15, -0.1) is 0 Å². The molecule has 0 aliphatic heterocycles. The number of fused-ring (bicyclic) bond motifs is 1. The monoisotopic (exact) mass is 325 g/mol. The van der Waals surface area contributed by atoms with Gasteiger partial charge in [-0.25, -0.2) is 9.97 Å². The van der Waals surface area contributed by atoms with Crippen LogP contribution in [0.5, 0.6) is 5.75 Å². The Morgan fingerprint density at radius 2 is 1.96 bits per heavy atom. The van der Waals surface area contributed by atoms with Crippen LogP contribution in [0, 0.1) is 6.92 Å². The third-order valence-electron chi connectivity index (χ3n) is 3.95. The van der Waals surface area contributed by atoms with Gasteiger partial charge in [-0.3, -0.25) is 0 Å². The Balaban J connectivity index is 1.86. The summed E-state index contributed by atoms with van der Waals surface area (Å²) in [5.41, 5.74) is 3.92. The lowest BCUT2D eigenvalue weighted by Gasteiger charge is -2.09. The average molecular weight is 325 g/mol. The molecule has 0 amide bonds. The zero-order chi connectivity index (χ0) is 16.9. The van der Waals surface area contributed by atoms with Crippen LogP contribution in [0.4, 0.5) is 0 Å². The molecule has 5 nitrogen and oxygen atoms in total. The van der Waals surface area contributed by atoms with Crippen LogP contribution >= 0.6 is 0 Å². The SMILES string of the molecule is CCOCCOc1ccc2nc(-c3cn(CC)cn3)cc(C)c2c1. The van der Waals surface area contributed by atoms with Crippen molar-refractivity contribution in [2.24, 2.45) is 0 Å². The number of rotatable bonds is 7. The van der Waals surface area contributed by atoms with Crippen molar-refractivity contribution in [3.05, 3.63) is 42.4 Å². The predicted molar refractivity (Wildman–Crippen MR) is 95.4 cm³/mol. The van der Waals surface area contributed by atoms with Crippen LogP contribution in [0.1, 0.15) is 19.4 Å². The Bertz CT molecular complexity index is 827. The fourth-order valence-corrected chi connectivity index (χ4v) is 2.62. The van der Waals surface area contributed by atoms with E-state index in [1.165, 1.54) is 0 Å². The third-order valence-corrected chi connectivity index (χ3v) is 3.95. The Morgan fingerprint density at radius 3 is 2.71 bits per heavy atom. The lowest BCUT2D eigenvalue weighted by atomic mass is 10.1. The molecule has 0 saturated heterocycles. The zero-order valence-corrected chi connectivity index (χ0v) is 14.5. The summed E-state index contributed by atoms with van der Waals surface area (Å²) >= 11 is 0. The molecule has 0 bridgehead atoms. The van der Waals surface area contributed by atoms with Crippen LogP contribution in [0.3, 0.4) is 0 Å². The van der Waals surface area contributed by atoms with Crippen molar-refractivity contribution < 1.29 is 9.47 Å². The minimum atomic E-state index is 0.554. The van der Waals surface area contributed by atoms with Crippen molar-refractivity contribution in [3.8, 4) is 17.1 Å². The predicted octanol–water partition coefficient (Wildman–Crippen LogP) is 3.84. The summed E-state index contributed by atoms with van der Waals surface area (Å²) in [6.07, 6.45) is 3.87. The van der Waals surface area contributed by atoms with Crippen LogP contribution < -0.4 is 4.74 Å². The number of benzene rings is 1. The molecule has 24 heavy (non-hydrogen) atoms. The number of aromatic nitrogens is 3. The van der Waals surface area contributed by atoms with E-state index in [1.807, 2.05) is 42.2 Å². The van der Waals surface area contributed by atoms with E-state index in [-0.39, 0.29) is 0 Å². The summed E-state index contributed by atoms with van der Waals surface area (Å²) in [6, 6.07) is 8.07. The van der Waals surface area contributed by atoms with Gasteiger partial charge in [0.1, 0.15) is 18.1 Å². The molecule has 0 aliphatic rings. The molecule has 2 heterocycles. The molecule has 5 heteroatoms. The molecule has 0 saturated carbocycles. The number of hydrogen-bond acceptors (Lipinski definition) is 4. The minimum Gasteiger partial charge on any atom is -0.491 e. The average Bonchev–Trinajstić information content (AvgIpc) is 3.08. The van der Waals surface area contributed by atoms with Gasteiger partial charge in [0, 0.05) is 24.7 Å². The Morgan fingerprint density at radius 1 is 1.08 bits per heavy atom. The highest BCUT2D eigenvalue weighted by molar-refractivity contribution is 5.85. The van der Waals surface area contributed by atoms with Crippen LogP contribution in [0.25, 0.3) is 22.3 Å². The highest BCUT2D eigenvalue weighted by Crippen LogP contribution is 2.26. The molecular weight excluding hydrogens is 302 g/mol. The van der Waals surface area contributed by atoms with Gasteiger partial charge >= 0.3 is 0 Å². The van der Waals surface area contributed by atoms with Crippen LogP contribution in [-0.4, -0.2) is 34.4 Å². The van der Waals surface area contributed by atoms with Crippen molar-refractivity contribution in [1.29, 1.82) is 0 Å². The van der Waals surface area contributed by atoms with Gasteiger partial charge in [0.25, 0.3) is 0 Å². The first-order chi connectivity index (χ1) is 11.7.